The SMILES string of the molecule is Nc1nc2cc(-c3cnc(Cl)c(C(=O)Nc4cnn(Cc5ccccc5)c4)c3)ccn2n1. The fourth-order valence-corrected chi connectivity index (χ4v) is 3.52. The molecule has 1 amide bonds. The highest BCUT2D eigenvalue weighted by atomic mass is 35.5. The number of amides is 1. The molecule has 0 aliphatic heterocycles. The molecular formula is C22H17ClN8O. The van der Waals surface area contributed by atoms with Crippen LogP contribution in [0.1, 0.15) is 15.9 Å². The van der Waals surface area contributed by atoms with E-state index in [0.29, 0.717) is 23.4 Å². The van der Waals surface area contributed by atoms with Gasteiger partial charge in [-0.2, -0.15) is 10.1 Å². The predicted octanol–water partition coefficient (Wildman–Crippen LogP) is 3.52. The Morgan fingerprint density at radius 1 is 1.09 bits per heavy atom. The van der Waals surface area contributed by atoms with Gasteiger partial charge in [-0.05, 0) is 29.3 Å². The molecule has 0 saturated carbocycles. The predicted molar refractivity (Wildman–Crippen MR) is 121 cm³/mol. The number of pyridine rings is 2. The lowest BCUT2D eigenvalue weighted by molar-refractivity contribution is 0.102. The second-order valence-corrected chi connectivity index (χ2v) is 7.47. The Kier molecular flexibility index (Phi) is 5.00. The summed E-state index contributed by atoms with van der Waals surface area (Å²) in [6.07, 6.45) is 6.70. The number of halogens is 1. The van der Waals surface area contributed by atoms with Gasteiger partial charge in [-0.25, -0.2) is 9.50 Å². The minimum absolute atomic E-state index is 0.107. The molecular weight excluding hydrogens is 428 g/mol. The van der Waals surface area contributed by atoms with E-state index in [1.165, 1.54) is 0 Å². The molecule has 5 aromatic rings. The topological polar surface area (TPSA) is 116 Å². The van der Waals surface area contributed by atoms with Gasteiger partial charge < -0.3 is 11.1 Å². The van der Waals surface area contributed by atoms with Gasteiger partial charge in [-0.15, -0.1) is 5.10 Å². The maximum atomic E-state index is 12.9. The van der Waals surface area contributed by atoms with Crippen molar-refractivity contribution in [3.05, 3.63) is 89.6 Å². The zero-order valence-corrected chi connectivity index (χ0v) is 17.4. The minimum atomic E-state index is -0.378. The molecule has 0 aliphatic carbocycles. The van der Waals surface area contributed by atoms with E-state index >= 15 is 0 Å². The fraction of sp³-hybridized carbons (Fsp3) is 0.0455. The summed E-state index contributed by atoms with van der Waals surface area (Å²) in [6, 6.07) is 15.3. The number of carbonyl (C=O) groups excluding carboxylic acids is 1. The first-order valence-corrected chi connectivity index (χ1v) is 10.1. The quantitative estimate of drug-likeness (QED) is 0.400. The zero-order valence-electron chi connectivity index (χ0n) is 16.7. The van der Waals surface area contributed by atoms with Crippen molar-refractivity contribution < 1.29 is 4.79 Å². The normalized spacial score (nSPS) is 11.0. The van der Waals surface area contributed by atoms with E-state index < -0.39 is 0 Å². The Morgan fingerprint density at radius 3 is 2.78 bits per heavy atom. The van der Waals surface area contributed by atoms with Crippen molar-refractivity contribution in [2.75, 3.05) is 11.1 Å². The lowest BCUT2D eigenvalue weighted by atomic mass is 10.1. The van der Waals surface area contributed by atoms with Crippen LogP contribution >= 0.6 is 11.6 Å². The van der Waals surface area contributed by atoms with E-state index in [-0.39, 0.29) is 22.6 Å². The minimum Gasteiger partial charge on any atom is -0.366 e. The summed E-state index contributed by atoms with van der Waals surface area (Å²) in [6.45, 7) is 0.601. The third kappa shape index (κ3) is 4.01. The molecule has 0 saturated heterocycles. The summed E-state index contributed by atoms with van der Waals surface area (Å²) in [4.78, 5) is 21.2. The number of hydrogen-bond donors (Lipinski definition) is 2. The molecule has 0 atom stereocenters. The maximum absolute atomic E-state index is 12.9. The summed E-state index contributed by atoms with van der Waals surface area (Å²) < 4.78 is 3.32. The van der Waals surface area contributed by atoms with Crippen LogP contribution in [0.15, 0.2) is 73.3 Å². The molecule has 0 aliphatic rings. The number of nitrogen functional groups attached to an aromatic ring is 1. The molecule has 0 bridgehead atoms. The Bertz CT molecular complexity index is 1430. The first kappa shape index (κ1) is 19.7. The van der Waals surface area contributed by atoms with E-state index in [0.717, 1.165) is 11.1 Å². The number of carbonyl (C=O) groups is 1. The van der Waals surface area contributed by atoms with E-state index in [1.54, 1.807) is 40.1 Å². The molecule has 3 N–H and O–H groups in total. The number of aromatic nitrogens is 6. The average Bonchev–Trinajstić information content (AvgIpc) is 3.39. The van der Waals surface area contributed by atoms with Crippen LogP contribution < -0.4 is 11.1 Å². The van der Waals surface area contributed by atoms with Crippen molar-refractivity contribution in [3.8, 4) is 11.1 Å². The number of anilines is 2. The van der Waals surface area contributed by atoms with Crippen LogP contribution in [0.3, 0.4) is 0 Å². The lowest BCUT2D eigenvalue weighted by Gasteiger charge is -2.08. The second kappa shape index (κ2) is 8.12. The molecule has 0 unspecified atom stereocenters. The van der Waals surface area contributed by atoms with Crippen LogP contribution in [-0.4, -0.2) is 35.3 Å². The summed E-state index contributed by atoms with van der Waals surface area (Å²) in [7, 11) is 0. The number of hydrogen-bond acceptors (Lipinski definition) is 6. The first-order chi connectivity index (χ1) is 15.5. The van der Waals surface area contributed by atoms with Crippen molar-refractivity contribution in [2.24, 2.45) is 0 Å². The van der Waals surface area contributed by atoms with Crippen molar-refractivity contribution in [1.82, 2.24) is 29.4 Å². The van der Waals surface area contributed by atoms with Crippen molar-refractivity contribution in [3.63, 3.8) is 0 Å². The molecule has 10 heteroatoms. The maximum Gasteiger partial charge on any atom is 0.258 e. The molecule has 9 nitrogen and oxygen atoms in total. The van der Waals surface area contributed by atoms with E-state index in [1.807, 2.05) is 42.5 Å². The molecule has 158 valence electrons. The lowest BCUT2D eigenvalue weighted by Crippen LogP contribution is -2.13. The van der Waals surface area contributed by atoms with Gasteiger partial charge in [0.2, 0.25) is 5.95 Å². The van der Waals surface area contributed by atoms with Crippen LogP contribution in [-0.2, 0) is 6.54 Å². The number of nitrogens with one attached hydrogen (secondary N) is 1. The zero-order chi connectivity index (χ0) is 22.1. The molecule has 0 fully saturated rings. The van der Waals surface area contributed by atoms with Gasteiger partial charge in [-0.3, -0.25) is 9.48 Å². The van der Waals surface area contributed by atoms with Gasteiger partial charge in [0.15, 0.2) is 5.65 Å². The van der Waals surface area contributed by atoms with Crippen LogP contribution in [0.5, 0.6) is 0 Å². The molecule has 0 radical (unpaired) electrons. The van der Waals surface area contributed by atoms with Gasteiger partial charge in [0.25, 0.3) is 5.91 Å². The Balaban J connectivity index is 1.37. The summed E-state index contributed by atoms with van der Waals surface area (Å²) in [5, 5.41) is 11.3. The first-order valence-electron chi connectivity index (χ1n) is 9.71. The standard InChI is InChI=1S/C22H17ClN8O/c23-20-18(8-16(10-25-20)15-6-7-31-19(9-15)28-22(24)29-31)21(32)27-17-11-26-30(13-17)12-14-4-2-1-3-5-14/h1-11,13H,12H2,(H2,24,29)(H,27,32). The molecule has 4 aromatic heterocycles. The highest BCUT2D eigenvalue weighted by molar-refractivity contribution is 6.33. The van der Waals surface area contributed by atoms with Crippen molar-refractivity contribution >= 4 is 34.8 Å². The monoisotopic (exact) mass is 444 g/mol. The fourth-order valence-electron chi connectivity index (χ4n) is 3.33. The molecule has 4 heterocycles. The van der Waals surface area contributed by atoms with Crippen LogP contribution in [0, 0.1) is 0 Å². The summed E-state index contributed by atoms with van der Waals surface area (Å²) in [5.41, 5.74) is 9.68. The molecule has 0 spiro atoms. The van der Waals surface area contributed by atoms with Crippen molar-refractivity contribution in [1.29, 1.82) is 0 Å². The van der Waals surface area contributed by atoms with Gasteiger partial charge in [0.1, 0.15) is 5.15 Å². The number of rotatable bonds is 5. The smallest absolute Gasteiger partial charge is 0.258 e. The second-order valence-electron chi connectivity index (χ2n) is 7.12. The highest BCUT2D eigenvalue weighted by Crippen LogP contribution is 2.25. The molecule has 5 rings (SSSR count). The Morgan fingerprint density at radius 2 is 1.94 bits per heavy atom. The van der Waals surface area contributed by atoms with Gasteiger partial charge >= 0.3 is 0 Å². The number of nitrogens with zero attached hydrogens (tertiary/aromatic N) is 6. The largest absolute Gasteiger partial charge is 0.366 e. The number of nitrogens with two attached hydrogens (primary N) is 1. The molecule has 32 heavy (non-hydrogen) atoms. The van der Waals surface area contributed by atoms with E-state index in [2.05, 4.69) is 25.5 Å². The third-order valence-electron chi connectivity index (χ3n) is 4.85. The summed E-state index contributed by atoms with van der Waals surface area (Å²) in [5.74, 6) is -0.194. The number of fused-ring (bicyclic) bond motifs is 1. The van der Waals surface area contributed by atoms with Crippen LogP contribution in [0.25, 0.3) is 16.8 Å². The third-order valence-corrected chi connectivity index (χ3v) is 5.15. The van der Waals surface area contributed by atoms with Gasteiger partial charge in [-0.1, -0.05) is 41.9 Å². The Labute approximate surface area is 187 Å². The van der Waals surface area contributed by atoms with Crippen molar-refractivity contribution in [2.45, 2.75) is 6.54 Å². The average molecular weight is 445 g/mol. The summed E-state index contributed by atoms with van der Waals surface area (Å²) >= 11 is 6.22. The van der Waals surface area contributed by atoms with E-state index in [9.17, 15) is 4.79 Å². The molecule has 1 aromatic carbocycles. The van der Waals surface area contributed by atoms with Crippen LogP contribution in [0.4, 0.5) is 11.6 Å². The van der Waals surface area contributed by atoms with E-state index in [4.69, 9.17) is 17.3 Å². The Hall–Kier alpha value is -4.24. The number of benzene rings is 1. The van der Waals surface area contributed by atoms with Gasteiger partial charge in [0.05, 0.1) is 24.0 Å². The van der Waals surface area contributed by atoms with Gasteiger partial charge in [0, 0.05) is 24.2 Å². The highest BCUT2D eigenvalue weighted by Gasteiger charge is 2.15. The van der Waals surface area contributed by atoms with Crippen LogP contribution in [0.2, 0.25) is 5.15 Å².